The van der Waals surface area contributed by atoms with Crippen LogP contribution >= 0.6 is 11.6 Å². The zero-order chi connectivity index (χ0) is 16.1. The molecule has 5 heteroatoms. The number of rotatable bonds is 5. The molecule has 0 unspecified atom stereocenters. The zero-order valence-electron chi connectivity index (χ0n) is 12.7. The fraction of sp³-hybridized carbons (Fsp3) is 0.222. The smallest absolute Gasteiger partial charge is 0.195 e. The Morgan fingerprint density at radius 1 is 1.13 bits per heavy atom. The molecule has 2 aromatic rings. The molecule has 0 amide bonds. The summed E-state index contributed by atoms with van der Waals surface area (Å²) in [5.41, 5.74) is 2.84. The molecule has 0 aliphatic carbocycles. The van der Waals surface area contributed by atoms with Gasteiger partial charge >= 0.3 is 0 Å². The van der Waals surface area contributed by atoms with Crippen LogP contribution in [0.2, 0.25) is 5.02 Å². The van der Waals surface area contributed by atoms with E-state index < -0.39 is 0 Å². The number of guanidine groups is 1. The summed E-state index contributed by atoms with van der Waals surface area (Å²) in [5.74, 6) is 0.948. The van der Waals surface area contributed by atoms with Gasteiger partial charge in [-0.3, -0.25) is 9.79 Å². The fourth-order valence-corrected chi connectivity index (χ4v) is 2.54. The van der Waals surface area contributed by atoms with Crippen LogP contribution in [0.25, 0.3) is 0 Å². The summed E-state index contributed by atoms with van der Waals surface area (Å²) in [6, 6.07) is 15.1. The van der Waals surface area contributed by atoms with Crippen LogP contribution in [-0.4, -0.2) is 24.8 Å². The van der Waals surface area contributed by atoms with Gasteiger partial charge in [0.2, 0.25) is 0 Å². The van der Waals surface area contributed by atoms with Gasteiger partial charge in [-0.15, -0.1) is 0 Å². The predicted molar refractivity (Wildman–Crippen MR) is 94.5 cm³/mol. The van der Waals surface area contributed by atoms with Gasteiger partial charge in [0.15, 0.2) is 11.7 Å². The number of hydrogen-bond donors (Lipinski definition) is 2. The van der Waals surface area contributed by atoms with Crippen molar-refractivity contribution in [1.82, 2.24) is 5.32 Å². The van der Waals surface area contributed by atoms with Gasteiger partial charge in [-0.25, -0.2) is 0 Å². The molecular formula is C18H18ClN3O. The number of carbonyl (C=O) groups excluding carboxylic acids is 1. The molecule has 0 spiro atoms. The standard InChI is InChI=1S/C18H18ClN3O/c19-15-6-4-14(5-7-15)17(23)10-3-13-1-8-16(9-2-13)22-18-20-11-12-21-18/h1-2,4-9H,3,10-12H2,(H2,20,21,22). The number of aliphatic imine (C=N–C) groups is 1. The number of halogens is 1. The van der Waals surface area contributed by atoms with E-state index in [2.05, 4.69) is 15.6 Å². The third kappa shape index (κ3) is 4.33. The largest absolute Gasteiger partial charge is 0.354 e. The molecule has 1 heterocycles. The number of Topliss-reactive ketones (excluding diaryl/α,β-unsaturated/α-hetero) is 1. The normalized spacial score (nSPS) is 13.3. The molecule has 1 aliphatic heterocycles. The molecule has 3 rings (SSSR count). The van der Waals surface area contributed by atoms with Crippen LogP contribution in [0, 0.1) is 0 Å². The van der Waals surface area contributed by atoms with E-state index in [1.54, 1.807) is 24.3 Å². The highest BCUT2D eigenvalue weighted by molar-refractivity contribution is 6.30. The summed E-state index contributed by atoms with van der Waals surface area (Å²) in [4.78, 5) is 16.4. The number of benzene rings is 2. The van der Waals surface area contributed by atoms with E-state index in [1.807, 2.05) is 24.3 Å². The van der Waals surface area contributed by atoms with Crippen LogP contribution in [0.3, 0.4) is 0 Å². The van der Waals surface area contributed by atoms with E-state index in [0.717, 1.165) is 36.7 Å². The first-order chi connectivity index (χ1) is 11.2. The van der Waals surface area contributed by atoms with E-state index >= 15 is 0 Å². The molecule has 0 aromatic heterocycles. The van der Waals surface area contributed by atoms with Gasteiger partial charge in [0, 0.05) is 29.2 Å². The first-order valence-electron chi connectivity index (χ1n) is 7.64. The average Bonchev–Trinajstić information content (AvgIpc) is 3.07. The van der Waals surface area contributed by atoms with Crippen LogP contribution in [0.4, 0.5) is 5.69 Å². The van der Waals surface area contributed by atoms with Crippen molar-refractivity contribution in [2.24, 2.45) is 4.99 Å². The minimum atomic E-state index is 0.133. The SMILES string of the molecule is O=C(CCc1ccc(NC2=NCCN2)cc1)c1ccc(Cl)cc1. The molecule has 0 bridgehead atoms. The molecule has 23 heavy (non-hydrogen) atoms. The highest BCUT2D eigenvalue weighted by Crippen LogP contribution is 2.15. The van der Waals surface area contributed by atoms with Gasteiger partial charge in [-0.05, 0) is 48.4 Å². The third-order valence-electron chi connectivity index (χ3n) is 3.70. The third-order valence-corrected chi connectivity index (χ3v) is 3.95. The Labute approximate surface area is 140 Å². The van der Waals surface area contributed by atoms with Crippen molar-refractivity contribution in [3.05, 3.63) is 64.7 Å². The van der Waals surface area contributed by atoms with Crippen molar-refractivity contribution in [3.63, 3.8) is 0 Å². The lowest BCUT2D eigenvalue weighted by Gasteiger charge is -2.07. The van der Waals surface area contributed by atoms with Crippen molar-refractivity contribution in [1.29, 1.82) is 0 Å². The van der Waals surface area contributed by atoms with Gasteiger partial charge < -0.3 is 10.6 Å². The predicted octanol–water partition coefficient (Wildman–Crippen LogP) is 3.53. The van der Waals surface area contributed by atoms with Crippen molar-refractivity contribution in [2.75, 3.05) is 18.4 Å². The molecule has 2 N–H and O–H groups in total. The minimum absolute atomic E-state index is 0.133. The zero-order valence-corrected chi connectivity index (χ0v) is 13.4. The second-order valence-electron chi connectivity index (χ2n) is 5.41. The van der Waals surface area contributed by atoms with Crippen molar-refractivity contribution >= 4 is 29.0 Å². The number of hydrogen-bond acceptors (Lipinski definition) is 4. The highest BCUT2D eigenvalue weighted by Gasteiger charge is 2.07. The Morgan fingerprint density at radius 2 is 1.87 bits per heavy atom. The number of nitrogens with one attached hydrogen (secondary N) is 2. The Hall–Kier alpha value is -2.33. The Balaban J connectivity index is 1.53. The number of nitrogens with zero attached hydrogens (tertiary/aromatic N) is 1. The number of ketones is 1. The van der Waals surface area contributed by atoms with Crippen LogP contribution in [0.15, 0.2) is 53.5 Å². The summed E-state index contributed by atoms with van der Waals surface area (Å²) in [5, 5.41) is 7.03. The maximum atomic E-state index is 12.1. The van der Waals surface area contributed by atoms with Crippen molar-refractivity contribution < 1.29 is 4.79 Å². The molecule has 0 radical (unpaired) electrons. The molecule has 0 fully saturated rings. The van der Waals surface area contributed by atoms with Crippen LogP contribution in [-0.2, 0) is 6.42 Å². The molecule has 2 aromatic carbocycles. The number of anilines is 1. The summed E-state index contributed by atoms with van der Waals surface area (Å²) in [6.45, 7) is 1.69. The van der Waals surface area contributed by atoms with E-state index in [9.17, 15) is 4.79 Å². The van der Waals surface area contributed by atoms with Crippen LogP contribution in [0.1, 0.15) is 22.3 Å². The van der Waals surface area contributed by atoms with Gasteiger partial charge in [0.1, 0.15) is 0 Å². The lowest BCUT2D eigenvalue weighted by molar-refractivity contribution is 0.0983. The molecule has 118 valence electrons. The van der Waals surface area contributed by atoms with Crippen LogP contribution in [0.5, 0.6) is 0 Å². The Bertz CT molecular complexity index is 708. The fourth-order valence-electron chi connectivity index (χ4n) is 2.41. The molecule has 0 saturated heterocycles. The summed E-state index contributed by atoms with van der Waals surface area (Å²) < 4.78 is 0. The summed E-state index contributed by atoms with van der Waals surface area (Å²) in [6.07, 6.45) is 1.21. The number of aryl methyl sites for hydroxylation is 1. The van der Waals surface area contributed by atoms with Crippen molar-refractivity contribution in [2.45, 2.75) is 12.8 Å². The van der Waals surface area contributed by atoms with E-state index in [-0.39, 0.29) is 5.78 Å². The van der Waals surface area contributed by atoms with Gasteiger partial charge in [0.25, 0.3) is 0 Å². The lowest BCUT2D eigenvalue weighted by Crippen LogP contribution is -2.26. The van der Waals surface area contributed by atoms with Crippen LogP contribution < -0.4 is 10.6 Å². The minimum Gasteiger partial charge on any atom is -0.354 e. The topological polar surface area (TPSA) is 53.5 Å². The van der Waals surface area contributed by atoms with E-state index in [0.29, 0.717) is 17.0 Å². The van der Waals surface area contributed by atoms with Gasteiger partial charge in [0.05, 0.1) is 6.54 Å². The van der Waals surface area contributed by atoms with E-state index in [4.69, 9.17) is 11.6 Å². The van der Waals surface area contributed by atoms with E-state index in [1.165, 1.54) is 0 Å². The summed E-state index contributed by atoms with van der Waals surface area (Å²) in [7, 11) is 0. The maximum absolute atomic E-state index is 12.1. The molecule has 1 aliphatic rings. The monoisotopic (exact) mass is 327 g/mol. The molecule has 0 saturated carbocycles. The van der Waals surface area contributed by atoms with Gasteiger partial charge in [-0.1, -0.05) is 23.7 Å². The van der Waals surface area contributed by atoms with Crippen molar-refractivity contribution in [3.8, 4) is 0 Å². The average molecular weight is 328 g/mol. The molecule has 4 nitrogen and oxygen atoms in total. The Kier molecular flexibility index (Phi) is 4.93. The lowest BCUT2D eigenvalue weighted by atomic mass is 10.0. The number of carbonyl (C=O) groups is 1. The second kappa shape index (κ2) is 7.29. The quantitative estimate of drug-likeness (QED) is 0.826. The first kappa shape index (κ1) is 15.6. The molecular weight excluding hydrogens is 310 g/mol. The maximum Gasteiger partial charge on any atom is 0.195 e. The highest BCUT2D eigenvalue weighted by atomic mass is 35.5. The first-order valence-corrected chi connectivity index (χ1v) is 8.01. The molecule has 0 atom stereocenters. The summed E-state index contributed by atoms with van der Waals surface area (Å²) >= 11 is 5.83. The Morgan fingerprint density at radius 3 is 2.52 bits per heavy atom. The second-order valence-corrected chi connectivity index (χ2v) is 5.85. The van der Waals surface area contributed by atoms with Gasteiger partial charge in [-0.2, -0.15) is 0 Å².